The number of nitrogens with zero attached hydrogens (tertiary/aromatic N) is 4. The van der Waals surface area contributed by atoms with Crippen molar-refractivity contribution in [3.05, 3.63) is 52.4 Å². The molecule has 1 amide bonds. The molecule has 7 nitrogen and oxygen atoms in total. The maximum atomic E-state index is 12.8. The molecule has 3 heterocycles. The second-order valence-electron chi connectivity index (χ2n) is 5.94. The van der Waals surface area contributed by atoms with Crippen molar-refractivity contribution in [3.8, 4) is 5.69 Å². The van der Waals surface area contributed by atoms with Gasteiger partial charge in [-0.05, 0) is 30.7 Å². The van der Waals surface area contributed by atoms with Gasteiger partial charge in [0.25, 0.3) is 5.91 Å². The van der Waals surface area contributed by atoms with Crippen LogP contribution in [0.15, 0.2) is 41.1 Å². The van der Waals surface area contributed by atoms with Crippen molar-refractivity contribution in [2.24, 2.45) is 0 Å². The predicted molar refractivity (Wildman–Crippen MR) is 98.9 cm³/mol. The van der Waals surface area contributed by atoms with Crippen LogP contribution in [0.5, 0.6) is 0 Å². The first-order valence-electron chi connectivity index (χ1n) is 8.24. The third-order valence-corrected chi connectivity index (χ3v) is 4.76. The van der Waals surface area contributed by atoms with E-state index in [0.717, 1.165) is 27.5 Å². The number of amides is 1. The van der Waals surface area contributed by atoms with E-state index in [1.165, 1.54) is 5.06 Å². The Bertz CT molecular complexity index is 966. The van der Waals surface area contributed by atoms with E-state index in [1.807, 2.05) is 24.3 Å². The number of hydrogen-bond acceptors (Lipinski definition) is 5. The smallest absolute Gasteiger partial charge is 0.281 e. The molecule has 0 aliphatic carbocycles. The lowest BCUT2D eigenvalue weighted by atomic mass is 10.1. The standard InChI is InChI=1S/C18H17BrN4O3/c1-25-11-17-14(18(24)22-7-2-8-26-22)10-21-23(17)16-5-6-20-15-9-12(19)3-4-13(15)16/h3-6,9-10H,2,7-8,11H2,1H3. The molecule has 0 saturated carbocycles. The summed E-state index contributed by atoms with van der Waals surface area (Å²) in [6.45, 7) is 1.40. The molecule has 0 unspecified atom stereocenters. The maximum Gasteiger partial charge on any atom is 0.281 e. The Morgan fingerprint density at radius 3 is 3.04 bits per heavy atom. The van der Waals surface area contributed by atoms with Gasteiger partial charge in [0.05, 0.1) is 48.4 Å². The summed E-state index contributed by atoms with van der Waals surface area (Å²) in [5.74, 6) is -0.193. The summed E-state index contributed by atoms with van der Waals surface area (Å²) in [6, 6.07) is 7.76. The highest BCUT2D eigenvalue weighted by Crippen LogP contribution is 2.26. The first-order chi connectivity index (χ1) is 12.7. The van der Waals surface area contributed by atoms with Gasteiger partial charge in [0, 0.05) is 23.2 Å². The molecule has 0 bridgehead atoms. The predicted octanol–water partition coefficient (Wildman–Crippen LogP) is 3.11. The first kappa shape index (κ1) is 17.1. The second kappa shape index (κ2) is 7.14. The summed E-state index contributed by atoms with van der Waals surface area (Å²) in [4.78, 5) is 22.6. The molecular formula is C18H17BrN4O3. The minimum Gasteiger partial charge on any atom is -0.378 e. The molecule has 0 N–H and O–H groups in total. The van der Waals surface area contributed by atoms with Crippen LogP contribution >= 0.6 is 15.9 Å². The molecule has 1 aliphatic heterocycles. The zero-order chi connectivity index (χ0) is 18.1. The Labute approximate surface area is 158 Å². The molecule has 1 aromatic carbocycles. The number of hydrogen-bond donors (Lipinski definition) is 0. The van der Waals surface area contributed by atoms with Crippen LogP contribution in [0.2, 0.25) is 0 Å². The van der Waals surface area contributed by atoms with Gasteiger partial charge in [0.1, 0.15) is 0 Å². The van der Waals surface area contributed by atoms with Gasteiger partial charge in [-0.15, -0.1) is 0 Å². The number of aromatic nitrogens is 3. The molecule has 0 spiro atoms. The van der Waals surface area contributed by atoms with Crippen molar-refractivity contribution in [2.75, 3.05) is 20.3 Å². The highest BCUT2D eigenvalue weighted by Gasteiger charge is 2.26. The average Bonchev–Trinajstić information content (AvgIpc) is 3.31. The summed E-state index contributed by atoms with van der Waals surface area (Å²) >= 11 is 3.47. The van der Waals surface area contributed by atoms with Gasteiger partial charge in [-0.3, -0.25) is 14.6 Å². The van der Waals surface area contributed by atoms with Crippen molar-refractivity contribution in [1.82, 2.24) is 19.8 Å². The summed E-state index contributed by atoms with van der Waals surface area (Å²) in [5.41, 5.74) is 2.85. The zero-order valence-electron chi connectivity index (χ0n) is 14.2. The molecule has 1 fully saturated rings. The fourth-order valence-corrected chi connectivity index (χ4v) is 3.42. The molecule has 0 radical (unpaired) electrons. The maximum absolute atomic E-state index is 12.8. The Morgan fingerprint density at radius 2 is 2.27 bits per heavy atom. The minimum atomic E-state index is -0.193. The molecule has 0 atom stereocenters. The van der Waals surface area contributed by atoms with Crippen LogP contribution in [-0.4, -0.2) is 46.0 Å². The van der Waals surface area contributed by atoms with Crippen LogP contribution in [0.4, 0.5) is 0 Å². The lowest BCUT2D eigenvalue weighted by molar-refractivity contribution is -0.0769. The summed E-state index contributed by atoms with van der Waals surface area (Å²) < 4.78 is 8.03. The number of carbonyl (C=O) groups is 1. The van der Waals surface area contributed by atoms with Crippen LogP contribution in [-0.2, 0) is 16.2 Å². The number of fused-ring (bicyclic) bond motifs is 1. The largest absolute Gasteiger partial charge is 0.378 e. The first-order valence-corrected chi connectivity index (χ1v) is 9.03. The van der Waals surface area contributed by atoms with Crippen LogP contribution in [0.1, 0.15) is 22.5 Å². The lowest BCUT2D eigenvalue weighted by Crippen LogP contribution is -2.27. The van der Waals surface area contributed by atoms with Crippen LogP contribution in [0, 0.1) is 0 Å². The van der Waals surface area contributed by atoms with E-state index in [9.17, 15) is 4.79 Å². The zero-order valence-corrected chi connectivity index (χ0v) is 15.8. The Balaban J connectivity index is 1.83. The normalized spacial score (nSPS) is 14.3. The number of carbonyl (C=O) groups excluding carboxylic acids is 1. The second-order valence-corrected chi connectivity index (χ2v) is 6.85. The molecule has 1 saturated heterocycles. The summed E-state index contributed by atoms with van der Waals surface area (Å²) in [6.07, 6.45) is 4.14. The molecule has 2 aromatic heterocycles. The Hall–Kier alpha value is -2.29. The topological polar surface area (TPSA) is 69.5 Å². The van der Waals surface area contributed by atoms with Crippen LogP contribution < -0.4 is 0 Å². The van der Waals surface area contributed by atoms with E-state index >= 15 is 0 Å². The van der Waals surface area contributed by atoms with Crippen molar-refractivity contribution >= 4 is 32.7 Å². The van der Waals surface area contributed by atoms with Gasteiger partial charge in [-0.2, -0.15) is 5.10 Å². The van der Waals surface area contributed by atoms with Gasteiger partial charge in [0.2, 0.25) is 0 Å². The fourth-order valence-electron chi connectivity index (χ4n) is 3.07. The number of methoxy groups -OCH3 is 1. The van der Waals surface area contributed by atoms with Crippen molar-refractivity contribution in [1.29, 1.82) is 0 Å². The summed E-state index contributed by atoms with van der Waals surface area (Å²) in [5, 5.41) is 6.79. The van der Waals surface area contributed by atoms with Gasteiger partial charge in [-0.25, -0.2) is 9.75 Å². The van der Waals surface area contributed by atoms with Crippen molar-refractivity contribution < 1.29 is 14.4 Å². The Morgan fingerprint density at radius 1 is 1.38 bits per heavy atom. The Kier molecular flexibility index (Phi) is 4.71. The van der Waals surface area contributed by atoms with Crippen molar-refractivity contribution in [2.45, 2.75) is 13.0 Å². The number of hydroxylamine groups is 2. The van der Waals surface area contributed by atoms with E-state index in [0.29, 0.717) is 24.4 Å². The highest BCUT2D eigenvalue weighted by atomic mass is 79.9. The molecule has 26 heavy (non-hydrogen) atoms. The van der Waals surface area contributed by atoms with Gasteiger partial charge in [-0.1, -0.05) is 15.9 Å². The molecule has 8 heteroatoms. The van der Waals surface area contributed by atoms with Gasteiger partial charge >= 0.3 is 0 Å². The van der Waals surface area contributed by atoms with E-state index in [1.54, 1.807) is 24.2 Å². The number of halogens is 1. The molecule has 134 valence electrons. The molecular weight excluding hydrogens is 400 g/mol. The third kappa shape index (κ3) is 3.00. The van der Waals surface area contributed by atoms with Crippen LogP contribution in [0.3, 0.4) is 0 Å². The fraction of sp³-hybridized carbons (Fsp3) is 0.278. The quantitative estimate of drug-likeness (QED) is 0.653. The lowest BCUT2D eigenvalue weighted by Gasteiger charge is -2.15. The van der Waals surface area contributed by atoms with E-state index < -0.39 is 0 Å². The van der Waals surface area contributed by atoms with Gasteiger partial charge < -0.3 is 4.74 Å². The molecule has 3 aromatic rings. The number of pyridine rings is 1. The van der Waals surface area contributed by atoms with Crippen molar-refractivity contribution in [3.63, 3.8) is 0 Å². The highest BCUT2D eigenvalue weighted by molar-refractivity contribution is 9.10. The summed E-state index contributed by atoms with van der Waals surface area (Å²) in [7, 11) is 1.60. The van der Waals surface area contributed by atoms with Crippen LogP contribution in [0.25, 0.3) is 16.6 Å². The van der Waals surface area contributed by atoms with E-state index in [2.05, 4.69) is 26.0 Å². The molecule has 4 rings (SSSR count). The van der Waals surface area contributed by atoms with E-state index in [-0.39, 0.29) is 12.5 Å². The van der Waals surface area contributed by atoms with E-state index in [4.69, 9.17) is 9.57 Å². The average molecular weight is 417 g/mol. The third-order valence-electron chi connectivity index (χ3n) is 4.27. The van der Waals surface area contributed by atoms with Gasteiger partial charge in [0.15, 0.2) is 0 Å². The number of ether oxygens (including phenoxy) is 1. The molecule has 1 aliphatic rings. The number of rotatable bonds is 4. The monoisotopic (exact) mass is 416 g/mol. The minimum absolute atomic E-state index is 0.193. The SMILES string of the molecule is COCc1c(C(=O)N2CCCO2)cnn1-c1ccnc2cc(Br)ccc12. The number of benzene rings is 1.